The predicted octanol–water partition coefficient (Wildman–Crippen LogP) is 3.44. The maximum atomic E-state index is 13.6. The third kappa shape index (κ3) is 3.22. The molecule has 8 heteroatoms. The summed E-state index contributed by atoms with van der Waals surface area (Å²) in [6, 6.07) is 6.81. The van der Waals surface area contributed by atoms with Gasteiger partial charge in [0.25, 0.3) is 0 Å². The van der Waals surface area contributed by atoms with Gasteiger partial charge in [0.15, 0.2) is 5.82 Å². The molecule has 4 heterocycles. The van der Waals surface area contributed by atoms with E-state index in [0.717, 1.165) is 54.4 Å². The third-order valence-electron chi connectivity index (χ3n) is 5.59. The molecule has 1 aliphatic rings. The Hall–Kier alpha value is -3.29. The van der Waals surface area contributed by atoms with Crippen molar-refractivity contribution in [2.45, 2.75) is 26.2 Å². The molecule has 0 bridgehead atoms. The molecule has 154 valence electrons. The van der Waals surface area contributed by atoms with E-state index in [2.05, 4.69) is 51.6 Å². The van der Waals surface area contributed by atoms with Gasteiger partial charge in [-0.05, 0) is 18.2 Å². The summed E-state index contributed by atoms with van der Waals surface area (Å²) in [5.41, 5.74) is 2.69. The number of hydrogen-bond acceptors (Lipinski definition) is 6. The van der Waals surface area contributed by atoms with Crippen LogP contribution in [0.1, 0.15) is 26.5 Å². The van der Waals surface area contributed by atoms with Gasteiger partial charge >= 0.3 is 0 Å². The highest BCUT2D eigenvalue weighted by Gasteiger charge is 2.24. The lowest BCUT2D eigenvalue weighted by Crippen LogP contribution is -2.47. The van der Waals surface area contributed by atoms with Crippen LogP contribution in [0.3, 0.4) is 0 Å². The summed E-state index contributed by atoms with van der Waals surface area (Å²) in [6.07, 6.45) is 5.21. The highest BCUT2D eigenvalue weighted by atomic mass is 19.1. The van der Waals surface area contributed by atoms with Crippen LogP contribution in [-0.4, -0.2) is 50.7 Å². The number of anilines is 2. The van der Waals surface area contributed by atoms with Crippen LogP contribution in [0.25, 0.3) is 16.4 Å². The van der Waals surface area contributed by atoms with Crippen molar-refractivity contribution in [1.82, 2.24) is 24.6 Å². The number of benzene rings is 1. The van der Waals surface area contributed by atoms with E-state index in [1.165, 1.54) is 18.5 Å². The highest BCUT2D eigenvalue weighted by Crippen LogP contribution is 2.28. The first-order valence-electron chi connectivity index (χ1n) is 10.2. The lowest BCUT2D eigenvalue weighted by molar-refractivity contribution is 0.562. The average Bonchev–Trinajstić information content (AvgIpc) is 3.18. The largest absolute Gasteiger partial charge is 0.352 e. The van der Waals surface area contributed by atoms with Gasteiger partial charge in [0, 0.05) is 55.4 Å². The smallest absolute Gasteiger partial charge is 0.154 e. The molecule has 4 aromatic rings. The first-order valence-corrected chi connectivity index (χ1v) is 10.2. The van der Waals surface area contributed by atoms with Crippen molar-refractivity contribution in [1.29, 1.82) is 0 Å². The minimum Gasteiger partial charge on any atom is -0.352 e. The maximum Gasteiger partial charge on any atom is 0.154 e. The van der Waals surface area contributed by atoms with Crippen LogP contribution in [0.5, 0.6) is 0 Å². The van der Waals surface area contributed by atoms with Crippen LogP contribution >= 0.6 is 0 Å². The maximum absolute atomic E-state index is 13.6. The van der Waals surface area contributed by atoms with Crippen molar-refractivity contribution in [2.75, 3.05) is 36.0 Å². The molecule has 1 saturated heterocycles. The van der Waals surface area contributed by atoms with E-state index in [1.807, 2.05) is 10.7 Å². The zero-order valence-electron chi connectivity index (χ0n) is 17.4. The van der Waals surface area contributed by atoms with Crippen LogP contribution in [0.4, 0.5) is 16.0 Å². The van der Waals surface area contributed by atoms with E-state index in [4.69, 9.17) is 5.10 Å². The molecule has 0 spiro atoms. The molecule has 30 heavy (non-hydrogen) atoms. The molecule has 1 aromatic carbocycles. The monoisotopic (exact) mass is 405 g/mol. The fourth-order valence-corrected chi connectivity index (χ4v) is 3.92. The number of fused-ring (bicyclic) bond motifs is 2. The third-order valence-corrected chi connectivity index (χ3v) is 5.59. The Morgan fingerprint density at radius 1 is 0.900 bits per heavy atom. The Morgan fingerprint density at radius 2 is 1.63 bits per heavy atom. The first-order chi connectivity index (χ1) is 14.4. The van der Waals surface area contributed by atoms with Gasteiger partial charge in [0.05, 0.1) is 11.2 Å². The molecule has 0 saturated carbocycles. The van der Waals surface area contributed by atoms with Crippen molar-refractivity contribution < 1.29 is 4.39 Å². The molecule has 0 aliphatic carbocycles. The second-order valence-electron chi connectivity index (χ2n) is 8.69. The summed E-state index contributed by atoms with van der Waals surface area (Å²) in [4.78, 5) is 17.9. The van der Waals surface area contributed by atoms with E-state index in [-0.39, 0.29) is 11.2 Å². The number of aromatic nitrogens is 5. The van der Waals surface area contributed by atoms with E-state index in [9.17, 15) is 4.39 Å². The summed E-state index contributed by atoms with van der Waals surface area (Å²) < 4.78 is 15.5. The van der Waals surface area contributed by atoms with Gasteiger partial charge in [-0.25, -0.2) is 23.9 Å². The van der Waals surface area contributed by atoms with Crippen molar-refractivity contribution in [3.63, 3.8) is 0 Å². The molecule has 0 atom stereocenters. The minimum atomic E-state index is -0.286. The molecule has 7 nitrogen and oxygen atoms in total. The van der Waals surface area contributed by atoms with Gasteiger partial charge in [-0.1, -0.05) is 20.8 Å². The van der Waals surface area contributed by atoms with Gasteiger partial charge in [-0.15, -0.1) is 0 Å². The molecular weight excluding hydrogens is 381 g/mol. The molecule has 5 rings (SSSR count). The average molecular weight is 405 g/mol. The van der Waals surface area contributed by atoms with Crippen LogP contribution < -0.4 is 9.80 Å². The molecular formula is C22H24FN7. The fourth-order valence-electron chi connectivity index (χ4n) is 3.92. The first kappa shape index (κ1) is 18.7. The quantitative estimate of drug-likeness (QED) is 0.509. The van der Waals surface area contributed by atoms with Crippen LogP contribution in [0.2, 0.25) is 0 Å². The van der Waals surface area contributed by atoms with Gasteiger partial charge < -0.3 is 9.80 Å². The van der Waals surface area contributed by atoms with E-state index >= 15 is 0 Å². The topological polar surface area (TPSA) is 62.5 Å². The summed E-state index contributed by atoms with van der Waals surface area (Å²) in [5.74, 6) is 1.52. The summed E-state index contributed by atoms with van der Waals surface area (Å²) in [7, 11) is 0. The SMILES string of the molecule is CC(C)(C)c1cc2c(N3CCN(c4ncnc5cc(F)ccc45)CC3)nccn2n1. The van der Waals surface area contributed by atoms with Crippen molar-refractivity contribution in [3.05, 3.63) is 54.5 Å². The molecule has 3 aromatic heterocycles. The number of piperazine rings is 1. The zero-order valence-corrected chi connectivity index (χ0v) is 17.4. The Labute approximate surface area is 174 Å². The lowest BCUT2D eigenvalue weighted by atomic mass is 9.92. The molecule has 1 aliphatic heterocycles. The van der Waals surface area contributed by atoms with Crippen molar-refractivity contribution in [2.24, 2.45) is 0 Å². The second kappa shape index (κ2) is 6.90. The highest BCUT2D eigenvalue weighted by molar-refractivity contribution is 5.89. The Morgan fingerprint density at radius 3 is 2.37 bits per heavy atom. The molecule has 0 N–H and O–H groups in total. The normalized spacial score (nSPS) is 15.3. The molecule has 1 fully saturated rings. The Balaban J connectivity index is 1.41. The summed E-state index contributed by atoms with van der Waals surface area (Å²) >= 11 is 0. The standard InChI is InChI=1S/C22H24FN7/c1-22(2,3)19-13-18-21(24-6-7-30(18)27-19)29-10-8-28(9-11-29)20-16-5-4-15(23)12-17(16)25-14-26-20/h4-7,12-14H,8-11H2,1-3H3. The number of rotatable bonds is 2. The molecule has 0 unspecified atom stereocenters. The van der Waals surface area contributed by atoms with Crippen LogP contribution in [0, 0.1) is 5.82 Å². The predicted molar refractivity (Wildman–Crippen MR) is 116 cm³/mol. The molecule has 0 amide bonds. The van der Waals surface area contributed by atoms with Crippen molar-refractivity contribution in [3.8, 4) is 0 Å². The van der Waals surface area contributed by atoms with E-state index in [1.54, 1.807) is 12.3 Å². The number of nitrogens with zero attached hydrogens (tertiary/aromatic N) is 7. The number of halogens is 1. The van der Waals surface area contributed by atoms with E-state index < -0.39 is 0 Å². The van der Waals surface area contributed by atoms with Crippen LogP contribution in [0.15, 0.2) is 43.0 Å². The Bertz CT molecular complexity index is 1220. The second-order valence-corrected chi connectivity index (χ2v) is 8.69. The van der Waals surface area contributed by atoms with Gasteiger partial charge in [-0.3, -0.25) is 0 Å². The van der Waals surface area contributed by atoms with Gasteiger partial charge in [0.1, 0.15) is 23.5 Å². The van der Waals surface area contributed by atoms with Gasteiger partial charge in [0.2, 0.25) is 0 Å². The van der Waals surface area contributed by atoms with Crippen LogP contribution in [-0.2, 0) is 5.41 Å². The molecule has 0 radical (unpaired) electrons. The van der Waals surface area contributed by atoms with Crippen molar-refractivity contribution >= 4 is 28.1 Å². The summed E-state index contributed by atoms with van der Waals surface area (Å²) in [5, 5.41) is 5.61. The lowest BCUT2D eigenvalue weighted by Gasteiger charge is -2.36. The minimum absolute atomic E-state index is 0.0183. The number of hydrogen-bond donors (Lipinski definition) is 0. The summed E-state index contributed by atoms with van der Waals surface area (Å²) in [6.45, 7) is 9.72. The van der Waals surface area contributed by atoms with Gasteiger partial charge in [-0.2, -0.15) is 5.10 Å². The Kier molecular flexibility index (Phi) is 4.30. The fraction of sp³-hybridized carbons (Fsp3) is 0.364. The zero-order chi connectivity index (χ0) is 20.9. The van der Waals surface area contributed by atoms with E-state index in [0.29, 0.717) is 5.52 Å².